The molecule has 0 bridgehead atoms. The van der Waals surface area contributed by atoms with E-state index in [1.54, 1.807) is 13.8 Å². The number of amides is 1. The Labute approximate surface area is 108 Å². The summed E-state index contributed by atoms with van der Waals surface area (Å²) < 4.78 is 0. The molecule has 0 aliphatic carbocycles. The van der Waals surface area contributed by atoms with Crippen LogP contribution in [-0.4, -0.2) is 20.0 Å². The predicted molar refractivity (Wildman–Crippen MR) is 72.1 cm³/mol. The third-order valence-electron chi connectivity index (χ3n) is 2.68. The van der Waals surface area contributed by atoms with Gasteiger partial charge in [-0.25, -0.2) is 0 Å². The molecule has 1 N–H and O–H groups in total. The Morgan fingerprint density at radius 3 is 2.22 bits per heavy atom. The van der Waals surface area contributed by atoms with Crippen LogP contribution in [0, 0.1) is 17.2 Å². The molecule has 1 aromatic rings. The average molecular weight is 245 g/mol. The van der Waals surface area contributed by atoms with E-state index in [-0.39, 0.29) is 11.8 Å². The molecule has 4 heteroatoms. The van der Waals surface area contributed by atoms with Crippen LogP contribution in [0.3, 0.4) is 0 Å². The molecule has 0 saturated heterocycles. The molecule has 1 rings (SSSR count). The van der Waals surface area contributed by atoms with Gasteiger partial charge in [-0.3, -0.25) is 4.79 Å². The number of carbonyl (C=O) groups excluding carboxylic acids is 1. The van der Waals surface area contributed by atoms with Gasteiger partial charge in [-0.2, -0.15) is 5.26 Å². The molecule has 0 radical (unpaired) electrons. The highest BCUT2D eigenvalue weighted by molar-refractivity contribution is 5.78. The summed E-state index contributed by atoms with van der Waals surface area (Å²) in [6.07, 6.45) is 0. The van der Waals surface area contributed by atoms with E-state index in [0.29, 0.717) is 0 Å². The number of rotatable bonds is 4. The quantitative estimate of drug-likeness (QED) is 0.883. The van der Waals surface area contributed by atoms with Gasteiger partial charge in [0.25, 0.3) is 0 Å². The molecule has 0 aliphatic rings. The van der Waals surface area contributed by atoms with Gasteiger partial charge in [-0.15, -0.1) is 0 Å². The van der Waals surface area contributed by atoms with E-state index in [2.05, 4.69) is 11.4 Å². The first-order valence-electron chi connectivity index (χ1n) is 5.93. The van der Waals surface area contributed by atoms with Gasteiger partial charge in [-0.1, -0.05) is 26.0 Å². The predicted octanol–water partition coefficient (Wildman–Crippen LogP) is 2.09. The van der Waals surface area contributed by atoms with Crippen molar-refractivity contribution in [2.24, 2.45) is 5.92 Å². The second kappa shape index (κ2) is 6.06. The van der Waals surface area contributed by atoms with E-state index < -0.39 is 6.04 Å². The molecule has 0 spiro atoms. The number of hydrogen-bond donors (Lipinski definition) is 1. The molecular formula is C14H19N3O. The molecule has 1 unspecified atom stereocenters. The molecule has 1 amide bonds. The molecule has 18 heavy (non-hydrogen) atoms. The van der Waals surface area contributed by atoms with Gasteiger partial charge in [0, 0.05) is 25.7 Å². The largest absolute Gasteiger partial charge is 0.378 e. The molecule has 0 saturated carbocycles. The normalized spacial score (nSPS) is 11.8. The lowest BCUT2D eigenvalue weighted by atomic mass is 10.1. The maximum absolute atomic E-state index is 11.6. The van der Waals surface area contributed by atoms with Gasteiger partial charge in [0.1, 0.15) is 6.04 Å². The minimum absolute atomic E-state index is 0.113. The van der Waals surface area contributed by atoms with Gasteiger partial charge in [-0.05, 0) is 17.7 Å². The Balaban J connectivity index is 2.84. The van der Waals surface area contributed by atoms with E-state index >= 15 is 0 Å². The lowest BCUT2D eigenvalue weighted by Crippen LogP contribution is -2.31. The third-order valence-corrected chi connectivity index (χ3v) is 2.68. The first-order valence-corrected chi connectivity index (χ1v) is 5.93. The second-order valence-electron chi connectivity index (χ2n) is 4.71. The van der Waals surface area contributed by atoms with Crippen molar-refractivity contribution >= 4 is 11.6 Å². The minimum atomic E-state index is -0.587. The number of carbonyl (C=O) groups is 1. The summed E-state index contributed by atoms with van der Waals surface area (Å²) in [5, 5.41) is 11.8. The van der Waals surface area contributed by atoms with Gasteiger partial charge in [0.2, 0.25) is 5.91 Å². The molecule has 0 aliphatic heterocycles. The summed E-state index contributed by atoms with van der Waals surface area (Å²) in [5.74, 6) is -0.236. The van der Waals surface area contributed by atoms with Crippen LogP contribution in [-0.2, 0) is 4.79 Å². The summed E-state index contributed by atoms with van der Waals surface area (Å²) in [5.41, 5.74) is 1.86. The lowest BCUT2D eigenvalue weighted by Gasteiger charge is -2.16. The fraction of sp³-hybridized carbons (Fsp3) is 0.429. The Hall–Kier alpha value is -2.02. The standard InChI is InChI=1S/C14H19N3O/c1-10(2)14(18)16-13(9-15)11-5-7-12(8-6-11)17(3)4/h5-8,10,13H,1-4H3,(H,16,18). The van der Waals surface area contributed by atoms with Crippen LogP contribution in [0.4, 0.5) is 5.69 Å². The Kier molecular flexibility index (Phi) is 4.73. The van der Waals surface area contributed by atoms with Crippen LogP contribution >= 0.6 is 0 Å². The fourth-order valence-electron chi connectivity index (χ4n) is 1.46. The monoisotopic (exact) mass is 245 g/mol. The van der Waals surface area contributed by atoms with Gasteiger partial charge < -0.3 is 10.2 Å². The number of nitrogens with one attached hydrogen (secondary N) is 1. The van der Waals surface area contributed by atoms with Crippen LogP contribution in [0.1, 0.15) is 25.5 Å². The van der Waals surface area contributed by atoms with Crippen molar-refractivity contribution in [2.75, 3.05) is 19.0 Å². The molecule has 1 atom stereocenters. The summed E-state index contributed by atoms with van der Waals surface area (Å²) in [6, 6.07) is 9.11. The summed E-state index contributed by atoms with van der Waals surface area (Å²) in [7, 11) is 3.91. The number of benzene rings is 1. The van der Waals surface area contributed by atoms with Crippen molar-refractivity contribution in [1.29, 1.82) is 5.26 Å². The third kappa shape index (κ3) is 3.49. The average Bonchev–Trinajstić information content (AvgIpc) is 2.35. The zero-order valence-corrected chi connectivity index (χ0v) is 11.3. The molecule has 0 fully saturated rings. The van der Waals surface area contributed by atoms with E-state index in [1.165, 1.54) is 0 Å². The molecular weight excluding hydrogens is 226 g/mol. The maximum Gasteiger partial charge on any atom is 0.223 e. The smallest absolute Gasteiger partial charge is 0.223 e. The van der Waals surface area contributed by atoms with Crippen molar-refractivity contribution in [3.63, 3.8) is 0 Å². The minimum Gasteiger partial charge on any atom is -0.378 e. The van der Waals surface area contributed by atoms with Crippen LogP contribution in [0.2, 0.25) is 0 Å². The molecule has 0 heterocycles. The zero-order chi connectivity index (χ0) is 13.7. The van der Waals surface area contributed by atoms with Crippen LogP contribution in [0.15, 0.2) is 24.3 Å². The highest BCUT2D eigenvalue weighted by Gasteiger charge is 2.15. The van der Waals surface area contributed by atoms with Crippen molar-refractivity contribution in [3.8, 4) is 6.07 Å². The number of nitriles is 1. The SMILES string of the molecule is CC(C)C(=O)NC(C#N)c1ccc(N(C)C)cc1. The first-order chi connectivity index (χ1) is 8.45. The first kappa shape index (κ1) is 14.0. The zero-order valence-electron chi connectivity index (χ0n) is 11.3. The van der Waals surface area contributed by atoms with Gasteiger partial charge in [0.15, 0.2) is 0 Å². The molecule has 0 aromatic heterocycles. The van der Waals surface area contributed by atoms with Gasteiger partial charge >= 0.3 is 0 Å². The van der Waals surface area contributed by atoms with Crippen molar-refractivity contribution < 1.29 is 4.79 Å². The Morgan fingerprint density at radius 2 is 1.83 bits per heavy atom. The maximum atomic E-state index is 11.6. The van der Waals surface area contributed by atoms with Crippen LogP contribution in [0.25, 0.3) is 0 Å². The van der Waals surface area contributed by atoms with Crippen molar-refractivity contribution in [2.45, 2.75) is 19.9 Å². The lowest BCUT2D eigenvalue weighted by molar-refractivity contribution is -0.124. The topological polar surface area (TPSA) is 56.1 Å². The van der Waals surface area contributed by atoms with E-state index in [0.717, 1.165) is 11.3 Å². The highest BCUT2D eigenvalue weighted by atomic mass is 16.1. The summed E-state index contributed by atoms with van der Waals surface area (Å²) in [4.78, 5) is 13.6. The number of nitrogens with zero attached hydrogens (tertiary/aromatic N) is 2. The van der Waals surface area contributed by atoms with Crippen LogP contribution < -0.4 is 10.2 Å². The van der Waals surface area contributed by atoms with Crippen molar-refractivity contribution in [1.82, 2.24) is 5.32 Å². The fourth-order valence-corrected chi connectivity index (χ4v) is 1.46. The highest BCUT2D eigenvalue weighted by Crippen LogP contribution is 2.17. The van der Waals surface area contributed by atoms with E-state index in [9.17, 15) is 4.79 Å². The molecule has 96 valence electrons. The van der Waals surface area contributed by atoms with Gasteiger partial charge in [0.05, 0.1) is 6.07 Å². The Morgan fingerprint density at radius 1 is 1.28 bits per heavy atom. The number of anilines is 1. The van der Waals surface area contributed by atoms with Crippen LogP contribution in [0.5, 0.6) is 0 Å². The van der Waals surface area contributed by atoms with Crippen molar-refractivity contribution in [3.05, 3.63) is 29.8 Å². The summed E-state index contributed by atoms with van der Waals surface area (Å²) >= 11 is 0. The van der Waals surface area contributed by atoms with E-state index in [1.807, 2.05) is 43.3 Å². The Bertz CT molecular complexity index is 443. The molecule has 1 aromatic carbocycles. The van der Waals surface area contributed by atoms with E-state index in [4.69, 9.17) is 5.26 Å². The summed E-state index contributed by atoms with van der Waals surface area (Å²) in [6.45, 7) is 3.61. The second-order valence-corrected chi connectivity index (χ2v) is 4.71. The number of hydrogen-bond acceptors (Lipinski definition) is 3. The molecule has 4 nitrogen and oxygen atoms in total.